The number of hydrogen-bond acceptors (Lipinski definition) is 15. The summed E-state index contributed by atoms with van der Waals surface area (Å²) in [6.45, 7) is 28.5. The molecule has 0 aromatic heterocycles. The number of carbonyl (C=O) groups is 1. The summed E-state index contributed by atoms with van der Waals surface area (Å²) in [6.07, 6.45) is 0.277. The van der Waals surface area contributed by atoms with Gasteiger partial charge in [0.25, 0.3) is 0 Å². The maximum Gasteiger partial charge on any atom is 0.227 e. The molecular formula is C122H142Cl11N11O6. The fraction of sp³-hybridized carbons (Fsp3) is 0.344. The van der Waals surface area contributed by atoms with E-state index in [1.165, 1.54) is 33.5 Å². The predicted molar refractivity (Wildman–Crippen MR) is 637 cm³/mol. The van der Waals surface area contributed by atoms with E-state index in [0.29, 0.717) is 96.4 Å². The molecule has 0 unspecified atom stereocenters. The van der Waals surface area contributed by atoms with Crippen LogP contribution < -0.4 is 29.2 Å². The lowest BCUT2D eigenvalue weighted by molar-refractivity contribution is -0.135. The van der Waals surface area contributed by atoms with Crippen molar-refractivity contribution in [3.8, 4) is 5.75 Å². The Balaban J connectivity index is 0.000000191. The van der Waals surface area contributed by atoms with Gasteiger partial charge in [-0.25, -0.2) is 4.85 Å². The number of methoxy groups -OCH3 is 3. The van der Waals surface area contributed by atoms with Crippen LogP contribution in [0.3, 0.4) is 0 Å². The normalized spacial score (nSPS) is 19.3. The number of amides is 1. The highest BCUT2D eigenvalue weighted by Crippen LogP contribution is 2.45. The van der Waals surface area contributed by atoms with E-state index >= 15 is 0 Å². The molecule has 1 amide bonds. The Kier molecular flexibility index (Phi) is 47.9. The molecular weight excluding hydrogens is 2110 g/mol. The van der Waals surface area contributed by atoms with Gasteiger partial charge < -0.3 is 53.5 Å². The zero-order chi connectivity index (χ0) is 104. The first-order valence-electron chi connectivity index (χ1n) is 48.9. The number of aliphatic hydroxyl groups is 1. The average Bonchev–Trinajstić information content (AvgIpc) is 0.789. The molecule has 150 heavy (non-hydrogen) atoms. The molecule has 5 aliphatic rings. The van der Waals surface area contributed by atoms with Crippen LogP contribution in [0, 0.1) is 41.2 Å². The van der Waals surface area contributed by atoms with E-state index < -0.39 is 0 Å². The Labute approximate surface area is 946 Å². The molecule has 5 fully saturated rings. The van der Waals surface area contributed by atoms with E-state index in [-0.39, 0.29) is 103 Å². The Morgan fingerprint density at radius 2 is 0.693 bits per heavy atom. The highest BCUT2D eigenvalue weighted by molar-refractivity contribution is 6.37. The summed E-state index contributed by atoms with van der Waals surface area (Å²) in [7, 11) is 11.5. The van der Waals surface area contributed by atoms with Crippen molar-refractivity contribution in [2.24, 2.45) is 0 Å². The van der Waals surface area contributed by atoms with Crippen molar-refractivity contribution in [2.75, 3.05) is 165 Å². The third-order valence-corrected chi connectivity index (χ3v) is 30.8. The lowest BCUT2D eigenvalue weighted by atomic mass is 9.97. The first-order valence-corrected chi connectivity index (χ1v) is 53.0. The van der Waals surface area contributed by atoms with Gasteiger partial charge in [-0.1, -0.05) is 320 Å². The average molecular weight is 2250 g/mol. The second kappa shape index (κ2) is 58.7. The number of halogens is 11. The summed E-state index contributed by atoms with van der Waals surface area (Å²) < 4.78 is 22.7. The van der Waals surface area contributed by atoms with Crippen LogP contribution in [0.4, 0.5) is 34.1 Å². The molecule has 0 bridgehead atoms. The standard InChI is InChI=1S/C27H27Cl3N2O2.C26H25Cl2N3O.C26H28Cl2N2O.C20H24Cl2N2O.C19H22Cl2N2O.4CH4/c1-18-6-11-25(24(30)12-18)32-15-23(17-34-2)31(16-26(32)20-7-9-21(28)10-8-20)27(33)14-19-4-3-5-22(29)13-19;1-18-4-9-21(10-5-18)31-15-22(17-32-23-11-7-20(29-2)8-12-23)30(3)16-26(31)24-13-6-19(27)14-25(24)28;1-19-8-13-25(24(28)14-19)30-16-23(18-31-2)29(15-20-6-4-3-5-7-20)17-26(30)21-9-11-22(27)12-10-21;1-14-4-7-16(8-5-14)24-11-17(13-25-3)23(2)12-20(24)18-9-6-15(21)10-19(18)22;1-13-3-6-15(7-4-13)23-10-16(12-24)22(2)11-19(23)17-8-5-14(20)9-18(17)21;;;;/h3-13,23,26H,14-17H2,1-2H3;4-14,22,26H,15-17H2,1,3H3;3-14,23,26H,15-18H2,1-2H3;4-10,17,20H,11-13H2,1-3H3;3-9,16,19,24H,10-12H2,1-2H3;4*1H4/t23-,26-;22-,26-;23-,26-;17-,20-;16-,19-;;;;/m11111..../s1. The zero-order valence-electron chi connectivity index (χ0n) is 84.1. The van der Waals surface area contributed by atoms with Gasteiger partial charge in [0.15, 0.2) is 5.69 Å². The molecule has 5 heterocycles. The fourth-order valence-corrected chi connectivity index (χ4v) is 22.4. The van der Waals surface area contributed by atoms with Gasteiger partial charge in [0.2, 0.25) is 5.91 Å². The number of aliphatic hydroxyl groups excluding tert-OH is 1. The molecule has 13 aromatic rings. The molecule has 17 nitrogen and oxygen atoms in total. The second-order valence-electron chi connectivity index (χ2n) is 38.2. The van der Waals surface area contributed by atoms with Gasteiger partial charge in [-0.15, -0.1) is 0 Å². The van der Waals surface area contributed by atoms with Crippen molar-refractivity contribution in [3.05, 3.63) is 425 Å². The molecule has 0 saturated carbocycles. The first kappa shape index (κ1) is 122. The summed E-state index contributed by atoms with van der Waals surface area (Å²) in [5.74, 6) is 0.813. The third-order valence-electron chi connectivity index (χ3n) is 27.8. The number of rotatable bonds is 24. The number of aryl methyl sites for hydroxylation is 5. The van der Waals surface area contributed by atoms with E-state index in [4.69, 9.17) is 153 Å². The highest BCUT2D eigenvalue weighted by Gasteiger charge is 2.42. The van der Waals surface area contributed by atoms with Crippen LogP contribution in [0.15, 0.2) is 291 Å². The van der Waals surface area contributed by atoms with Crippen LogP contribution >= 0.6 is 128 Å². The molecule has 798 valence electrons. The van der Waals surface area contributed by atoms with Crippen molar-refractivity contribution in [1.82, 2.24) is 24.5 Å². The van der Waals surface area contributed by atoms with Gasteiger partial charge in [-0.05, 0) is 251 Å². The smallest absolute Gasteiger partial charge is 0.227 e. The minimum atomic E-state index is -0.127. The number of benzene rings is 13. The van der Waals surface area contributed by atoms with Crippen LogP contribution in [0.25, 0.3) is 4.85 Å². The number of nitrogens with zero attached hydrogens (tertiary/aromatic N) is 11. The van der Waals surface area contributed by atoms with Crippen LogP contribution in [-0.4, -0.2) is 207 Å². The van der Waals surface area contributed by atoms with Gasteiger partial charge in [0.05, 0.1) is 121 Å². The summed E-state index contributed by atoms with van der Waals surface area (Å²) in [4.78, 5) is 40.1. The van der Waals surface area contributed by atoms with Gasteiger partial charge in [-0.2, -0.15) is 0 Å². The molecule has 18 rings (SSSR count). The Bertz CT molecular complexity index is 6470. The van der Waals surface area contributed by atoms with Crippen LogP contribution in [0.2, 0.25) is 55.2 Å². The SMILES string of the molecule is C.C.C.C.COC[C@H]1CN(c2ccc(C)cc2)[C@@H](c2ccc(Cl)cc2Cl)CN1C.COC[C@H]1CN(c2ccc(C)cc2Cl)[C@@H](c2ccc(Cl)cc2)CN1C(=O)Cc1cccc(Cl)c1.COC[C@H]1CN(c2ccc(C)cc2Cl)[C@@H](c2ccc(Cl)cc2)CN1Cc1ccccc1.Cc1ccc(N2C[C@H](CO)N(C)C[C@@H]2c2ccc(Cl)cc2Cl)cc1.[C-]#[N+]c1ccc(OC[C@H]2CN(c3ccc(C)cc3)[C@@H](c3ccc(Cl)cc3Cl)CN2C)cc1. The first-order chi connectivity index (χ1) is 70.3. The third kappa shape index (κ3) is 32.6. The van der Waals surface area contributed by atoms with Gasteiger partial charge in [0.1, 0.15) is 12.4 Å². The quantitative estimate of drug-likeness (QED) is 0.0579. The molecule has 5 aliphatic heterocycles. The molecule has 5 saturated heterocycles. The summed E-state index contributed by atoms with van der Waals surface area (Å²) in [6, 6.07) is 97.9. The molecule has 13 aromatic carbocycles. The summed E-state index contributed by atoms with van der Waals surface area (Å²) in [5.41, 5.74) is 19.8. The monoisotopic (exact) mass is 2240 g/mol. The minimum absolute atomic E-state index is 0. The van der Waals surface area contributed by atoms with Crippen LogP contribution in [0.5, 0.6) is 5.75 Å². The van der Waals surface area contributed by atoms with Crippen molar-refractivity contribution in [2.45, 2.75) is 138 Å². The molecule has 0 radical (unpaired) electrons. The van der Waals surface area contributed by atoms with Crippen molar-refractivity contribution >= 4 is 168 Å². The summed E-state index contributed by atoms with van der Waals surface area (Å²) >= 11 is 69.9. The topological polar surface area (TPSA) is 111 Å². The summed E-state index contributed by atoms with van der Waals surface area (Å²) in [5, 5.41) is 17.2. The molecule has 0 spiro atoms. The zero-order valence-corrected chi connectivity index (χ0v) is 92.4. The number of hydrogen-bond donors (Lipinski definition) is 1. The van der Waals surface area contributed by atoms with E-state index in [1.54, 1.807) is 39.5 Å². The van der Waals surface area contributed by atoms with Crippen LogP contribution in [-0.2, 0) is 32.0 Å². The lowest BCUT2D eigenvalue weighted by Gasteiger charge is -2.48. The van der Waals surface area contributed by atoms with E-state index in [0.717, 1.165) is 136 Å². The number of anilines is 5. The number of ether oxygens (including phenoxy) is 4. The van der Waals surface area contributed by atoms with Crippen molar-refractivity contribution in [1.29, 1.82) is 0 Å². The van der Waals surface area contributed by atoms with Gasteiger partial charge >= 0.3 is 0 Å². The minimum Gasteiger partial charge on any atom is -0.492 e. The van der Waals surface area contributed by atoms with E-state index in [2.05, 4.69) is 224 Å². The number of piperazine rings is 5. The number of carbonyl (C=O) groups excluding carboxylic acids is 1. The fourth-order valence-electron chi connectivity index (χ4n) is 19.7. The van der Waals surface area contributed by atoms with Gasteiger partial charge in [-0.3, -0.25) is 24.4 Å². The van der Waals surface area contributed by atoms with E-state index in [1.807, 2.05) is 158 Å². The number of likely N-dealkylation sites (N-methyl/N-ethyl adjacent to an activating group) is 3. The largest absolute Gasteiger partial charge is 0.492 e. The Hall–Kier alpha value is -9.51. The molecule has 0 aliphatic carbocycles. The maximum atomic E-state index is 13.5. The Morgan fingerprint density at radius 3 is 1.09 bits per heavy atom. The second-order valence-corrected chi connectivity index (χ2v) is 42.8. The lowest BCUT2D eigenvalue weighted by Crippen LogP contribution is -2.58. The van der Waals surface area contributed by atoms with Crippen molar-refractivity contribution < 1.29 is 28.8 Å². The predicted octanol–water partition coefficient (Wildman–Crippen LogP) is 31.3. The van der Waals surface area contributed by atoms with E-state index in [9.17, 15) is 9.90 Å². The highest BCUT2D eigenvalue weighted by atomic mass is 35.5. The molecule has 28 heteroatoms. The maximum absolute atomic E-state index is 13.5. The molecule has 1 N–H and O–H groups in total. The molecule has 10 atom stereocenters. The van der Waals surface area contributed by atoms with Gasteiger partial charge in [0, 0.05) is 156 Å². The van der Waals surface area contributed by atoms with Crippen molar-refractivity contribution in [3.63, 3.8) is 0 Å². The van der Waals surface area contributed by atoms with Crippen LogP contribution in [0.1, 0.15) is 127 Å². The Morgan fingerprint density at radius 1 is 0.333 bits per heavy atom.